The maximum atomic E-state index is 11.0. The first-order chi connectivity index (χ1) is 8.16. The number of aryl methyl sites for hydroxylation is 1. The Morgan fingerprint density at radius 2 is 2.29 bits per heavy atom. The van der Waals surface area contributed by atoms with Gasteiger partial charge in [0.15, 0.2) is 0 Å². The fraction of sp³-hybridized carbons (Fsp3) is 0.538. The Kier molecular flexibility index (Phi) is 3.61. The van der Waals surface area contributed by atoms with E-state index >= 15 is 0 Å². The van der Waals surface area contributed by atoms with E-state index < -0.39 is 5.97 Å². The quantitative estimate of drug-likeness (QED) is 0.852. The lowest BCUT2D eigenvalue weighted by atomic mass is 9.83. The summed E-state index contributed by atoms with van der Waals surface area (Å²) in [5, 5.41) is 9.00. The van der Waals surface area contributed by atoms with Crippen LogP contribution in [0.2, 0.25) is 0 Å². The fourth-order valence-electron chi connectivity index (χ4n) is 1.91. The molecule has 1 saturated carbocycles. The lowest BCUT2D eigenvalue weighted by Gasteiger charge is -2.24. The molecule has 0 saturated heterocycles. The smallest absolute Gasteiger partial charge is 0.341 e. The van der Waals surface area contributed by atoms with Crippen LogP contribution in [-0.2, 0) is 0 Å². The zero-order valence-electron chi connectivity index (χ0n) is 9.98. The summed E-state index contributed by atoms with van der Waals surface area (Å²) in [4.78, 5) is 15.1. The number of hydrogen-bond acceptors (Lipinski definition) is 3. The van der Waals surface area contributed by atoms with Crippen LogP contribution in [0.25, 0.3) is 0 Å². The molecule has 4 nitrogen and oxygen atoms in total. The summed E-state index contributed by atoms with van der Waals surface area (Å²) in [5.41, 5.74) is 0.915. The van der Waals surface area contributed by atoms with Crippen molar-refractivity contribution in [2.45, 2.75) is 32.6 Å². The molecule has 0 radical (unpaired) electrons. The van der Waals surface area contributed by atoms with Crippen LogP contribution in [0.15, 0.2) is 12.1 Å². The fourth-order valence-corrected chi connectivity index (χ4v) is 1.91. The van der Waals surface area contributed by atoms with Gasteiger partial charge in [-0.05, 0) is 31.4 Å². The standard InChI is InChI=1S/C13H17NO3/c1-9-5-6-11(13(15)16)12(14-9)17-8-7-10-3-2-4-10/h5-6,10H,2-4,7-8H2,1H3,(H,15,16). The van der Waals surface area contributed by atoms with Gasteiger partial charge in [-0.1, -0.05) is 19.3 Å². The molecule has 0 unspecified atom stereocenters. The third-order valence-corrected chi connectivity index (χ3v) is 3.22. The highest BCUT2D eigenvalue weighted by Crippen LogP contribution is 2.29. The van der Waals surface area contributed by atoms with E-state index in [4.69, 9.17) is 9.84 Å². The minimum absolute atomic E-state index is 0.143. The minimum atomic E-state index is -0.990. The molecule has 1 aliphatic rings. The van der Waals surface area contributed by atoms with Crippen molar-refractivity contribution in [3.63, 3.8) is 0 Å². The van der Waals surface area contributed by atoms with Crippen LogP contribution in [0.4, 0.5) is 0 Å². The summed E-state index contributed by atoms with van der Waals surface area (Å²) >= 11 is 0. The molecule has 17 heavy (non-hydrogen) atoms. The number of carboxylic acid groups (broad SMARTS) is 1. The third kappa shape index (κ3) is 2.96. The highest BCUT2D eigenvalue weighted by Gasteiger charge is 2.18. The number of carboxylic acids is 1. The van der Waals surface area contributed by atoms with Crippen LogP contribution < -0.4 is 4.74 Å². The molecule has 0 aromatic carbocycles. The summed E-state index contributed by atoms with van der Waals surface area (Å²) in [7, 11) is 0. The molecule has 0 atom stereocenters. The molecule has 1 aromatic heterocycles. The third-order valence-electron chi connectivity index (χ3n) is 3.22. The van der Waals surface area contributed by atoms with Crippen molar-refractivity contribution in [3.8, 4) is 5.88 Å². The number of ether oxygens (including phenoxy) is 1. The molecular weight excluding hydrogens is 218 g/mol. The predicted octanol–water partition coefficient (Wildman–Crippen LogP) is 2.66. The minimum Gasteiger partial charge on any atom is -0.477 e. The van der Waals surface area contributed by atoms with E-state index in [0.717, 1.165) is 18.0 Å². The molecule has 1 fully saturated rings. The van der Waals surface area contributed by atoms with Gasteiger partial charge in [0.2, 0.25) is 5.88 Å². The second kappa shape index (κ2) is 5.17. The number of rotatable bonds is 5. The van der Waals surface area contributed by atoms with Crippen LogP contribution in [-0.4, -0.2) is 22.7 Å². The van der Waals surface area contributed by atoms with Crippen LogP contribution in [0.5, 0.6) is 5.88 Å². The van der Waals surface area contributed by atoms with Gasteiger partial charge >= 0.3 is 5.97 Å². The zero-order valence-corrected chi connectivity index (χ0v) is 9.98. The van der Waals surface area contributed by atoms with E-state index in [2.05, 4.69) is 4.98 Å². The average Bonchev–Trinajstić information content (AvgIpc) is 2.21. The zero-order chi connectivity index (χ0) is 12.3. The molecule has 2 rings (SSSR count). The van der Waals surface area contributed by atoms with Crippen molar-refractivity contribution in [1.82, 2.24) is 4.98 Å². The number of pyridine rings is 1. The second-order valence-corrected chi connectivity index (χ2v) is 4.54. The lowest BCUT2D eigenvalue weighted by Crippen LogP contribution is -2.15. The molecule has 1 aliphatic carbocycles. The Morgan fingerprint density at radius 1 is 1.53 bits per heavy atom. The SMILES string of the molecule is Cc1ccc(C(=O)O)c(OCCC2CCC2)n1. The van der Waals surface area contributed by atoms with Crippen LogP contribution >= 0.6 is 0 Å². The molecule has 92 valence electrons. The normalized spacial score (nSPS) is 15.4. The first-order valence-electron chi connectivity index (χ1n) is 6.00. The highest BCUT2D eigenvalue weighted by atomic mass is 16.5. The van der Waals surface area contributed by atoms with E-state index in [1.807, 2.05) is 6.92 Å². The molecule has 1 N–H and O–H groups in total. The summed E-state index contributed by atoms with van der Waals surface area (Å²) in [6.07, 6.45) is 4.86. The van der Waals surface area contributed by atoms with Crippen molar-refractivity contribution < 1.29 is 14.6 Å². The molecule has 0 amide bonds. The Hall–Kier alpha value is -1.58. The van der Waals surface area contributed by atoms with E-state index in [1.165, 1.54) is 19.3 Å². The summed E-state index contributed by atoms with van der Waals surface area (Å²) < 4.78 is 5.49. The Labute approximate surface area is 101 Å². The maximum absolute atomic E-state index is 11.0. The largest absolute Gasteiger partial charge is 0.477 e. The monoisotopic (exact) mass is 235 g/mol. The van der Waals surface area contributed by atoms with E-state index in [0.29, 0.717) is 6.61 Å². The van der Waals surface area contributed by atoms with Gasteiger partial charge in [0.1, 0.15) is 5.56 Å². The van der Waals surface area contributed by atoms with Gasteiger partial charge in [0.05, 0.1) is 6.61 Å². The summed E-state index contributed by atoms with van der Waals surface area (Å²) in [5.74, 6) is 0.0149. The second-order valence-electron chi connectivity index (χ2n) is 4.54. The molecule has 1 heterocycles. The van der Waals surface area contributed by atoms with Crippen LogP contribution in [0, 0.1) is 12.8 Å². The van der Waals surface area contributed by atoms with Crippen LogP contribution in [0.3, 0.4) is 0 Å². The average molecular weight is 235 g/mol. The molecule has 0 spiro atoms. The summed E-state index contributed by atoms with van der Waals surface area (Å²) in [6, 6.07) is 3.23. The van der Waals surface area contributed by atoms with Crippen molar-refractivity contribution in [1.29, 1.82) is 0 Å². The van der Waals surface area contributed by atoms with Gasteiger partial charge < -0.3 is 9.84 Å². The molecule has 0 aliphatic heterocycles. The van der Waals surface area contributed by atoms with Gasteiger partial charge in [0, 0.05) is 5.69 Å². The first-order valence-corrected chi connectivity index (χ1v) is 6.00. The molecular formula is C13H17NO3. The number of aromatic nitrogens is 1. The molecule has 0 bridgehead atoms. The molecule has 4 heteroatoms. The maximum Gasteiger partial charge on any atom is 0.341 e. The highest BCUT2D eigenvalue weighted by molar-refractivity contribution is 5.90. The van der Waals surface area contributed by atoms with Crippen molar-refractivity contribution >= 4 is 5.97 Å². The topological polar surface area (TPSA) is 59.4 Å². The van der Waals surface area contributed by atoms with Gasteiger partial charge in [-0.25, -0.2) is 9.78 Å². The number of nitrogens with zero attached hydrogens (tertiary/aromatic N) is 1. The van der Waals surface area contributed by atoms with Crippen LogP contribution in [0.1, 0.15) is 41.7 Å². The lowest BCUT2D eigenvalue weighted by molar-refractivity contribution is 0.0690. The van der Waals surface area contributed by atoms with Gasteiger partial charge in [0.25, 0.3) is 0 Å². The van der Waals surface area contributed by atoms with Crippen molar-refractivity contribution in [2.24, 2.45) is 5.92 Å². The first kappa shape index (κ1) is 11.9. The Morgan fingerprint density at radius 3 is 2.88 bits per heavy atom. The predicted molar refractivity (Wildman–Crippen MR) is 63.4 cm³/mol. The van der Waals surface area contributed by atoms with Gasteiger partial charge in [-0.3, -0.25) is 0 Å². The van der Waals surface area contributed by atoms with E-state index in [1.54, 1.807) is 12.1 Å². The molecule has 1 aromatic rings. The number of carbonyl (C=O) groups is 1. The summed E-state index contributed by atoms with van der Waals surface area (Å²) in [6.45, 7) is 2.38. The van der Waals surface area contributed by atoms with Gasteiger partial charge in [-0.2, -0.15) is 0 Å². The Balaban J connectivity index is 1.97. The Bertz CT molecular complexity index is 413. The number of aromatic carboxylic acids is 1. The van der Waals surface area contributed by atoms with Crippen molar-refractivity contribution in [2.75, 3.05) is 6.61 Å². The van der Waals surface area contributed by atoms with E-state index in [9.17, 15) is 4.79 Å². The van der Waals surface area contributed by atoms with E-state index in [-0.39, 0.29) is 11.4 Å². The number of hydrogen-bond donors (Lipinski definition) is 1. The van der Waals surface area contributed by atoms with Crippen molar-refractivity contribution in [3.05, 3.63) is 23.4 Å². The van der Waals surface area contributed by atoms with Gasteiger partial charge in [-0.15, -0.1) is 0 Å².